The number of para-hydroxylation sites is 1. The summed E-state index contributed by atoms with van der Waals surface area (Å²) in [6.07, 6.45) is 0. The normalized spacial score (nSPS) is 10.5. The summed E-state index contributed by atoms with van der Waals surface area (Å²) in [6, 6.07) is 13.8. The van der Waals surface area contributed by atoms with Crippen molar-refractivity contribution >= 4 is 17.3 Å². The number of hydrogen-bond donors (Lipinski definition) is 1. The van der Waals surface area contributed by atoms with E-state index in [4.69, 9.17) is 11.6 Å². The van der Waals surface area contributed by atoms with E-state index in [2.05, 4.69) is 43.0 Å². The summed E-state index contributed by atoms with van der Waals surface area (Å²) in [5.74, 6) is 0.176. The third-order valence-corrected chi connectivity index (χ3v) is 3.52. The van der Waals surface area contributed by atoms with Crippen LogP contribution >= 0.6 is 11.6 Å². The molecule has 0 aromatic heterocycles. The molecule has 2 aromatic rings. The summed E-state index contributed by atoms with van der Waals surface area (Å²) in [5.41, 5.74) is 3.23. The molecule has 1 N–H and O–H groups in total. The largest absolute Gasteiger partial charge is 0.506 e. The Kier molecular flexibility index (Phi) is 4.33. The Hall–Kier alpha value is -1.67. The number of phenolic OH excluding ortho intramolecular Hbond substituents is 1. The molecule has 0 bridgehead atoms. The van der Waals surface area contributed by atoms with Gasteiger partial charge in [-0.1, -0.05) is 41.4 Å². The van der Waals surface area contributed by atoms with Crippen LogP contribution in [0, 0.1) is 6.92 Å². The Labute approximate surface area is 119 Å². The van der Waals surface area contributed by atoms with E-state index in [1.165, 1.54) is 5.56 Å². The molecule has 100 valence electrons. The van der Waals surface area contributed by atoms with Crippen LogP contribution < -0.4 is 4.90 Å². The van der Waals surface area contributed by atoms with E-state index in [9.17, 15) is 5.11 Å². The molecule has 0 radical (unpaired) electrons. The first-order chi connectivity index (χ1) is 9.11. The van der Waals surface area contributed by atoms with Crippen molar-refractivity contribution in [1.29, 1.82) is 0 Å². The van der Waals surface area contributed by atoms with Crippen LogP contribution in [0.15, 0.2) is 42.5 Å². The highest BCUT2D eigenvalue weighted by atomic mass is 35.5. The highest BCUT2D eigenvalue weighted by Crippen LogP contribution is 2.29. The Morgan fingerprint density at radius 2 is 1.79 bits per heavy atom. The lowest BCUT2D eigenvalue weighted by Crippen LogP contribution is -2.21. The lowest BCUT2D eigenvalue weighted by Gasteiger charge is -2.24. The number of benzene rings is 2. The minimum Gasteiger partial charge on any atom is -0.506 e. The summed E-state index contributed by atoms with van der Waals surface area (Å²) >= 11 is 5.94. The predicted molar refractivity (Wildman–Crippen MR) is 81.0 cm³/mol. The van der Waals surface area contributed by atoms with Crippen molar-refractivity contribution in [3.63, 3.8) is 0 Å². The van der Waals surface area contributed by atoms with Gasteiger partial charge in [0.2, 0.25) is 0 Å². The van der Waals surface area contributed by atoms with E-state index in [1.54, 1.807) is 6.07 Å². The summed E-state index contributed by atoms with van der Waals surface area (Å²) < 4.78 is 0. The average Bonchev–Trinajstić information content (AvgIpc) is 2.42. The van der Waals surface area contributed by atoms with Gasteiger partial charge in [0.25, 0.3) is 0 Å². The number of aromatic hydroxyl groups is 1. The predicted octanol–water partition coefficient (Wildman–Crippen LogP) is 4.38. The van der Waals surface area contributed by atoms with Crippen molar-refractivity contribution in [2.24, 2.45) is 0 Å². The summed E-state index contributed by atoms with van der Waals surface area (Å²) in [6.45, 7) is 5.69. The van der Waals surface area contributed by atoms with Gasteiger partial charge in [0.05, 0.1) is 5.02 Å². The van der Waals surface area contributed by atoms with Crippen molar-refractivity contribution < 1.29 is 5.11 Å². The van der Waals surface area contributed by atoms with Crippen LogP contribution in [0.1, 0.15) is 18.1 Å². The van der Waals surface area contributed by atoms with Crippen molar-refractivity contribution in [2.75, 3.05) is 11.4 Å². The molecule has 0 heterocycles. The van der Waals surface area contributed by atoms with Crippen LogP contribution in [0.5, 0.6) is 5.75 Å². The van der Waals surface area contributed by atoms with E-state index in [0.29, 0.717) is 11.6 Å². The van der Waals surface area contributed by atoms with Crippen LogP contribution in [0.3, 0.4) is 0 Å². The van der Waals surface area contributed by atoms with E-state index in [1.807, 2.05) is 12.1 Å². The van der Waals surface area contributed by atoms with Crippen LogP contribution in [0.2, 0.25) is 5.02 Å². The molecule has 19 heavy (non-hydrogen) atoms. The van der Waals surface area contributed by atoms with Crippen molar-refractivity contribution in [1.82, 2.24) is 0 Å². The Morgan fingerprint density at radius 1 is 1.11 bits per heavy atom. The first-order valence-corrected chi connectivity index (χ1v) is 6.77. The molecule has 0 aliphatic rings. The smallest absolute Gasteiger partial charge is 0.139 e. The van der Waals surface area contributed by atoms with Gasteiger partial charge in [-0.3, -0.25) is 0 Å². The number of anilines is 1. The van der Waals surface area contributed by atoms with Gasteiger partial charge in [0.15, 0.2) is 0 Å². The summed E-state index contributed by atoms with van der Waals surface area (Å²) in [4.78, 5) is 2.20. The number of hydrogen-bond acceptors (Lipinski definition) is 2. The molecule has 0 aliphatic heterocycles. The van der Waals surface area contributed by atoms with Gasteiger partial charge in [-0.05, 0) is 32.0 Å². The molecule has 0 aliphatic carbocycles. The Bertz CT molecular complexity index is 551. The van der Waals surface area contributed by atoms with Gasteiger partial charge in [-0.15, -0.1) is 0 Å². The molecular weight excluding hydrogens is 258 g/mol. The van der Waals surface area contributed by atoms with E-state index < -0.39 is 0 Å². The molecule has 2 nitrogen and oxygen atoms in total. The van der Waals surface area contributed by atoms with Gasteiger partial charge in [-0.2, -0.15) is 0 Å². The second kappa shape index (κ2) is 5.98. The molecule has 2 rings (SSSR count). The van der Waals surface area contributed by atoms with Crippen LogP contribution in [0.4, 0.5) is 5.69 Å². The highest BCUT2D eigenvalue weighted by Gasteiger charge is 2.10. The van der Waals surface area contributed by atoms with Gasteiger partial charge in [0.1, 0.15) is 5.75 Å². The summed E-state index contributed by atoms with van der Waals surface area (Å²) in [5, 5.41) is 10.4. The van der Waals surface area contributed by atoms with Gasteiger partial charge in [-0.25, -0.2) is 0 Å². The number of phenols is 1. The molecule has 0 amide bonds. The second-order valence-corrected chi connectivity index (χ2v) is 5.00. The number of nitrogens with zero attached hydrogens (tertiary/aromatic N) is 1. The monoisotopic (exact) mass is 275 g/mol. The zero-order chi connectivity index (χ0) is 13.8. The quantitative estimate of drug-likeness (QED) is 0.895. The molecule has 0 atom stereocenters. The zero-order valence-electron chi connectivity index (χ0n) is 11.2. The molecule has 3 heteroatoms. The Morgan fingerprint density at radius 3 is 2.42 bits per heavy atom. The van der Waals surface area contributed by atoms with Crippen molar-refractivity contribution in [2.45, 2.75) is 20.4 Å². The lowest BCUT2D eigenvalue weighted by molar-refractivity contribution is 0.467. The topological polar surface area (TPSA) is 23.5 Å². The van der Waals surface area contributed by atoms with Crippen molar-refractivity contribution in [3.8, 4) is 5.75 Å². The third-order valence-electron chi connectivity index (χ3n) is 3.21. The van der Waals surface area contributed by atoms with E-state index >= 15 is 0 Å². The third kappa shape index (κ3) is 3.21. The standard InChI is InChI=1S/C16H18ClNO/c1-3-18(14-9-7-12(2)8-10-14)11-13-5-4-6-15(17)16(13)19/h4-10,19H,3,11H2,1-2H3. The highest BCUT2D eigenvalue weighted by molar-refractivity contribution is 6.32. The molecule has 0 saturated carbocycles. The fourth-order valence-electron chi connectivity index (χ4n) is 2.03. The first-order valence-electron chi connectivity index (χ1n) is 6.39. The van der Waals surface area contributed by atoms with Gasteiger partial charge < -0.3 is 10.0 Å². The van der Waals surface area contributed by atoms with Gasteiger partial charge in [0, 0.05) is 24.3 Å². The maximum Gasteiger partial charge on any atom is 0.139 e. The van der Waals surface area contributed by atoms with Gasteiger partial charge >= 0.3 is 0 Å². The molecule has 0 unspecified atom stereocenters. The number of halogens is 1. The molecule has 0 saturated heterocycles. The van der Waals surface area contributed by atoms with Crippen molar-refractivity contribution in [3.05, 3.63) is 58.6 Å². The minimum absolute atomic E-state index is 0.176. The maximum absolute atomic E-state index is 9.97. The van der Waals surface area contributed by atoms with Crippen LogP contribution in [-0.4, -0.2) is 11.7 Å². The van der Waals surface area contributed by atoms with Crippen LogP contribution in [0.25, 0.3) is 0 Å². The molecule has 0 fully saturated rings. The first kappa shape index (κ1) is 13.8. The molecule has 0 spiro atoms. The molecular formula is C16H18ClNO. The maximum atomic E-state index is 9.97. The van der Waals surface area contributed by atoms with Crippen LogP contribution in [-0.2, 0) is 6.54 Å². The SMILES string of the molecule is CCN(Cc1cccc(Cl)c1O)c1ccc(C)cc1. The van der Waals surface area contributed by atoms with E-state index in [0.717, 1.165) is 17.8 Å². The fourth-order valence-corrected chi connectivity index (χ4v) is 2.23. The average molecular weight is 276 g/mol. The number of rotatable bonds is 4. The Balaban J connectivity index is 2.24. The fraction of sp³-hybridized carbons (Fsp3) is 0.250. The molecule has 2 aromatic carbocycles. The van der Waals surface area contributed by atoms with E-state index in [-0.39, 0.29) is 5.75 Å². The minimum atomic E-state index is 0.176. The lowest BCUT2D eigenvalue weighted by atomic mass is 10.1. The summed E-state index contributed by atoms with van der Waals surface area (Å²) in [7, 11) is 0. The second-order valence-electron chi connectivity index (χ2n) is 4.60. The number of aryl methyl sites for hydroxylation is 1. The zero-order valence-corrected chi connectivity index (χ0v) is 12.0.